The van der Waals surface area contributed by atoms with E-state index in [1.165, 1.54) is 28.7 Å². The molecule has 0 spiro atoms. The highest BCUT2D eigenvalue weighted by atomic mass is 14.1. The van der Waals surface area contributed by atoms with Crippen LogP contribution in [0.1, 0.15) is 42.0 Å². The predicted octanol–water partition coefficient (Wildman–Crippen LogP) is 4.12. The highest BCUT2D eigenvalue weighted by molar-refractivity contribution is 5.42. The molecular formula is C14H19. The summed E-state index contributed by atoms with van der Waals surface area (Å²) in [6, 6.07) is 4.35. The molecule has 0 heterocycles. The van der Waals surface area contributed by atoms with Crippen molar-refractivity contribution < 1.29 is 0 Å². The van der Waals surface area contributed by atoms with Crippen molar-refractivity contribution in [2.75, 3.05) is 0 Å². The summed E-state index contributed by atoms with van der Waals surface area (Å²) >= 11 is 0. The van der Waals surface area contributed by atoms with E-state index in [0.717, 1.165) is 6.42 Å². The Morgan fingerprint density at radius 3 is 2.43 bits per heavy atom. The molecule has 0 N–H and O–H groups in total. The van der Waals surface area contributed by atoms with Crippen molar-refractivity contribution >= 4 is 0 Å². The Balaban J connectivity index is 3.00. The smallest absolute Gasteiger partial charge is 0.0120 e. The second-order valence-corrected chi connectivity index (χ2v) is 3.84. The van der Waals surface area contributed by atoms with E-state index >= 15 is 0 Å². The first-order valence-corrected chi connectivity index (χ1v) is 5.31. The van der Waals surface area contributed by atoms with Crippen molar-refractivity contribution in [3.63, 3.8) is 0 Å². The molecule has 1 aromatic carbocycles. The second-order valence-electron chi connectivity index (χ2n) is 3.84. The van der Waals surface area contributed by atoms with Gasteiger partial charge in [-0.1, -0.05) is 31.6 Å². The van der Waals surface area contributed by atoms with Crippen LogP contribution in [0.25, 0.3) is 0 Å². The van der Waals surface area contributed by atoms with Crippen molar-refractivity contribution in [1.29, 1.82) is 0 Å². The molecule has 0 aliphatic heterocycles. The molecule has 0 unspecified atom stereocenters. The molecule has 14 heavy (non-hydrogen) atoms. The minimum atomic E-state index is 1.12. The van der Waals surface area contributed by atoms with E-state index in [1.54, 1.807) is 0 Å². The van der Waals surface area contributed by atoms with Gasteiger partial charge < -0.3 is 0 Å². The molecule has 0 aliphatic carbocycles. The van der Waals surface area contributed by atoms with Gasteiger partial charge in [0.25, 0.3) is 0 Å². The molecular weight excluding hydrogens is 168 g/mol. The Bertz CT molecular complexity index is 332. The predicted molar refractivity (Wildman–Crippen MR) is 62.5 cm³/mol. The molecule has 0 heteroatoms. The van der Waals surface area contributed by atoms with Gasteiger partial charge >= 0.3 is 0 Å². The van der Waals surface area contributed by atoms with Crippen LogP contribution in [0.4, 0.5) is 0 Å². The van der Waals surface area contributed by atoms with Gasteiger partial charge in [0, 0.05) is 0 Å². The Kier molecular flexibility index (Phi) is 3.94. The summed E-state index contributed by atoms with van der Waals surface area (Å²) in [5.74, 6) is 0. The van der Waals surface area contributed by atoms with Crippen LogP contribution in [0.2, 0.25) is 0 Å². The number of benzene rings is 1. The van der Waals surface area contributed by atoms with E-state index in [0.29, 0.717) is 0 Å². The van der Waals surface area contributed by atoms with Crippen LogP contribution in [-0.2, 0) is 0 Å². The summed E-state index contributed by atoms with van der Waals surface area (Å²) < 4.78 is 0. The van der Waals surface area contributed by atoms with Gasteiger partial charge in [0.05, 0.1) is 0 Å². The van der Waals surface area contributed by atoms with Gasteiger partial charge in [-0.05, 0) is 55.5 Å². The molecule has 1 rings (SSSR count). The van der Waals surface area contributed by atoms with E-state index in [-0.39, 0.29) is 0 Å². The monoisotopic (exact) mass is 187 g/mol. The topological polar surface area (TPSA) is 0 Å². The Labute approximate surface area is 87.7 Å². The number of hydrogen-bond acceptors (Lipinski definition) is 0. The van der Waals surface area contributed by atoms with Gasteiger partial charge in [0.15, 0.2) is 0 Å². The Hall–Kier alpha value is -1.04. The molecule has 0 saturated carbocycles. The number of unbranched alkanes of at least 4 members (excludes halogenated alkanes) is 1. The summed E-state index contributed by atoms with van der Waals surface area (Å²) in [6.07, 6.45) is 7.85. The zero-order valence-corrected chi connectivity index (χ0v) is 9.65. The number of hydrogen-bond donors (Lipinski definition) is 0. The normalized spacial score (nSPS) is 11.1. The van der Waals surface area contributed by atoms with Gasteiger partial charge in [-0.25, -0.2) is 0 Å². The maximum absolute atomic E-state index is 3.40. The standard InChI is InChI=1S/C14H19/c1-5-6-7-8-14-12(3)10-9-11(2)13(14)4/h7,9-10H,5-6H2,1-4H3. The quantitative estimate of drug-likeness (QED) is 0.667. The first-order valence-electron chi connectivity index (χ1n) is 5.31. The average molecular weight is 187 g/mol. The average Bonchev–Trinajstić information content (AvgIpc) is 2.18. The highest BCUT2D eigenvalue weighted by Gasteiger charge is 2.01. The van der Waals surface area contributed by atoms with Gasteiger partial charge in [-0.15, -0.1) is 0 Å². The van der Waals surface area contributed by atoms with E-state index in [4.69, 9.17) is 0 Å². The summed E-state index contributed by atoms with van der Waals surface area (Å²) in [5.41, 5.74) is 5.30. The lowest BCUT2D eigenvalue weighted by Crippen LogP contribution is -1.90. The first kappa shape index (κ1) is 11.0. The fourth-order valence-corrected chi connectivity index (χ4v) is 1.49. The van der Waals surface area contributed by atoms with Gasteiger partial charge in [0.2, 0.25) is 0 Å². The van der Waals surface area contributed by atoms with Crippen LogP contribution in [0.3, 0.4) is 0 Å². The molecule has 1 radical (unpaired) electrons. The molecule has 0 aliphatic rings. The van der Waals surface area contributed by atoms with Crippen LogP contribution >= 0.6 is 0 Å². The Morgan fingerprint density at radius 2 is 1.79 bits per heavy atom. The van der Waals surface area contributed by atoms with E-state index < -0.39 is 0 Å². The lowest BCUT2D eigenvalue weighted by Gasteiger charge is -2.07. The molecule has 0 aromatic heterocycles. The zero-order valence-electron chi connectivity index (χ0n) is 9.65. The van der Waals surface area contributed by atoms with Gasteiger partial charge in [0.1, 0.15) is 0 Å². The summed E-state index contributed by atoms with van der Waals surface area (Å²) in [6.45, 7) is 8.66. The van der Waals surface area contributed by atoms with Crippen molar-refractivity contribution in [3.8, 4) is 0 Å². The maximum atomic E-state index is 3.40. The first-order chi connectivity index (χ1) is 6.66. The molecule has 1 aromatic rings. The van der Waals surface area contributed by atoms with Crippen LogP contribution in [0, 0.1) is 26.8 Å². The van der Waals surface area contributed by atoms with Crippen molar-refractivity contribution in [3.05, 3.63) is 46.5 Å². The number of rotatable bonds is 3. The van der Waals surface area contributed by atoms with Crippen LogP contribution in [-0.4, -0.2) is 0 Å². The maximum Gasteiger partial charge on any atom is -0.0120 e. The third-order valence-corrected chi connectivity index (χ3v) is 2.62. The van der Waals surface area contributed by atoms with E-state index in [9.17, 15) is 0 Å². The van der Waals surface area contributed by atoms with E-state index in [2.05, 4.69) is 52.0 Å². The van der Waals surface area contributed by atoms with Crippen molar-refractivity contribution in [2.45, 2.75) is 40.5 Å². The minimum absolute atomic E-state index is 1.12. The second kappa shape index (κ2) is 4.99. The minimum Gasteiger partial charge on any atom is -0.0760 e. The van der Waals surface area contributed by atoms with Crippen LogP contribution in [0.5, 0.6) is 0 Å². The van der Waals surface area contributed by atoms with Crippen LogP contribution < -0.4 is 0 Å². The molecule has 0 nitrogen and oxygen atoms in total. The lowest BCUT2D eigenvalue weighted by atomic mass is 9.98. The fraction of sp³-hybridized carbons (Fsp3) is 0.429. The van der Waals surface area contributed by atoms with Crippen LogP contribution in [0.15, 0.2) is 18.2 Å². The number of aryl methyl sites for hydroxylation is 2. The van der Waals surface area contributed by atoms with Gasteiger partial charge in [-0.3, -0.25) is 0 Å². The Morgan fingerprint density at radius 1 is 1.14 bits per heavy atom. The molecule has 75 valence electrons. The molecule has 0 bridgehead atoms. The molecule has 0 atom stereocenters. The summed E-state index contributed by atoms with van der Waals surface area (Å²) in [5, 5.41) is 0. The third kappa shape index (κ3) is 2.47. The fourth-order valence-electron chi connectivity index (χ4n) is 1.49. The largest absolute Gasteiger partial charge is 0.0760 e. The summed E-state index contributed by atoms with van der Waals surface area (Å²) in [4.78, 5) is 0. The molecule has 0 fully saturated rings. The highest BCUT2D eigenvalue weighted by Crippen LogP contribution is 2.17. The molecule has 0 amide bonds. The van der Waals surface area contributed by atoms with Crippen molar-refractivity contribution in [1.82, 2.24) is 0 Å². The van der Waals surface area contributed by atoms with Gasteiger partial charge in [-0.2, -0.15) is 0 Å². The van der Waals surface area contributed by atoms with E-state index in [1.807, 2.05) is 0 Å². The lowest BCUT2D eigenvalue weighted by molar-refractivity contribution is 0.955. The summed E-state index contributed by atoms with van der Waals surface area (Å²) in [7, 11) is 0. The SMILES string of the molecule is CCC/C=[C]\c1c(C)ccc(C)c1C. The van der Waals surface area contributed by atoms with Crippen molar-refractivity contribution in [2.24, 2.45) is 0 Å². The zero-order chi connectivity index (χ0) is 10.6. The molecule has 0 saturated heterocycles. The number of allylic oxidation sites excluding steroid dienone is 1. The third-order valence-electron chi connectivity index (χ3n) is 2.62.